The lowest BCUT2D eigenvalue weighted by Gasteiger charge is -2.24. The van der Waals surface area contributed by atoms with Crippen LogP contribution in [-0.2, 0) is 4.79 Å². The van der Waals surface area contributed by atoms with Crippen LogP contribution in [0.5, 0.6) is 5.75 Å². The maximum absolute atomic E-state index is 13.4. The summed E-state index contributed by atoms with van der Waals surface area (Å²) in [4.78, 5) is 25.9. The summed E-state index contributed by atoms with van der Waals surface area (Å²) >= 11 is 0. The van der Waals surface area contributed by atoms with Crippen LogP contribution in [0.1, 0.15) is 45.1 Å². The molecular weight excluding hydrogens is 366 g/mol. The molecule has 0 aliphatic carbocycles. The van der Waals surface area contributed by atoms with Crippen molar-refractivity contribution in [3.05, 3.63) is 70.4 Å². The van der Waals surface area contributed by atoms with Gasteiger partial charge in [-0.15, -0.1) is 0 Å². The van der Waals surface area contributed by atoms with Crippen LogP contribution in [0, 0.1) is 20.8 Å². The highest BCUT2D eigenvalue weighted by atomic mass is 16.5. The molecule has 1 N–H and O–H groups in total. The van der Waals surface area contributed by atoms with E-state index in [-0.39, 0.29) is 18.1 Å². The van der Waals surface area contributed by atoms with Gasteiger partial charge in [0.2, 0.25) is 5.91 Å². The Morgan fingerprint density at radius 3 is 2.52 bits per heavy atom. The number of hydrogen-bond acceptors (Lipinski definition) is 4. The molecule has 148 valence electrons. The lowest BCUT2D eigenvalue weighted by Crippen LogP contribution is -2.28. The minimum Gasteiger partial charge on any atom is -0.496 e. The van der Waals surface area contributed by atoms with Crippen molar-refractivity contribution in [1.29, 1.82) is 0 Å². The first kappa shape index (κ1) is 18.9. The number of benzene rings is 2. The van der Waals surface area contributed by atoms with E-state index in [0.29, 0.717) is 17.1 Å². The Balaban J connectivity index is 1.85. The molecule has 1 aromatic heterocycles. The van der Waals surface area contributed by atoms with Gasteiger partial charge in [0.15, 0.2) is 5.78 Å². The number of nitrogens with zero attached hydrogens (tertiary/aromatic N) is 2. The Hall–Kier alpha value is -3.41. The third kappa shape index (κ3) is 3.31. The van der Waals surface area contributed by atoms with Crippen LogP contribution in [0.25, 0.3) is 5.69 Å². The van der Waals surface area contributed by atoms with Gasteiger partial charge in [0.25, 0.3) is 0 Å². The van der Waals surface area contributed by atoms with Crippen LogP contribution in [-0.4, -0.2) is 28.6 Å². The molecule has 0 radical (unpaired) electrons. The summed E-state index contributed by atoms with van der Waals surface area (Å²) in [5, 5.41) is 7.60. The highest BCUT2D eigenvalue weighted by Gasteiger charge is 2.37. The molecule has 0 bridgehead atoms. The minimum absolute atomic E-state index is 0.0866. The van der Waals surface area contributed by atoms with E-state index in [1.807, 2.05) is 39.0 Å². The van der Waals surface area contributed by atoms with Gasteiger partial charge in [-0.05, 0) is 56.2 Å². The topological polar surface area (TPSA) is 73.2 Å². The van der Waals surface area contributed by atoms with E-state index in [1.165, 1.54) is 7.11 Å². The molecule has 0 fully saturated rings. The fourth-order valence-corrected chi connectivity index (χ4v) is 4.07. The van der Waals surface area contributed by atoms with Crippen LogP contribution < -0.4 is 10.1 Å². The Labute approximate surface area is 169 Å². The van der Waals surface area contributed by atoms with Gasteiger partial charge in [-0.1, -0.05) is 18.2 Å². The van der Waals surface area contributed by atoms with Crippen molar-refractivity contribution in [1.82, 2.24) is 9.78 Å². The van der Waals surface area contributed by atoms with Crippen molar-refractivity contribution in [2.24, 2.45) is 0 Å². The molecule has 1 amide bonds. The number of rotatable bonds is 4. The molecule has 6 nitrogen and oxygen atoms in total. The zero-order valence-electron chi connectivity index (χ0n) is 16.9. The zero-order valence-corrected chi connectivity index (χ0v) is 16.9. The first-order valence-corrected chi connectivity index (χ1v) is 9.54. The molecule has 1 atom stereocenters. The lowest BCUT2D eigenvalue weighted by molar-refractivity contribution is -0.116. The summed E-state index contributed by atoms with van der Waals surface area (Å²) in [6.07, 6.45) is 0.0866. The summed E-state index contributed by atoms with van der Waals surface area (Å²) in [6, 6.07) is 13.2. The van der Waals surface area contributed by atoms with Crippen LogP contribution in [0.2, 0.25) is 0 Å². The molecular formula is C23H23N3O3. The van der Waals surface area contributed by atoms with E-state index >= 15 is 0 Å². The second-order valence-corrected chi connectivity index (χ2v) is 7.47. The Kier molecular flexibility index (Phi) is 4.70. The van der Waals surface area contributed by atoms with Gasteiger partial charge in [-0.3, -0.25) is 9.59 Å². The SMILES string of the molecule is COc1ccccc1C(=O)C1CC(=O)Nc2c1c(C)nn2-c1cc(C)cc(C)c1. The highest BCUT2D eigenvalue weighted by molar-refractivity contribution is 6.09. The van der Waals surface area contributed by atoms with Gasteiger partial charge < -0.3 is 10.1 Å². The van der Waals surface area contributed by atoms with Crippen molar-refractivity contribution in [2.45, 2.75) is 33.1 Å². The van der Waals surface area contributed by atoms with Crippen LogP contribution in [0.15, 0.2) is 42.5 Å². The van der Waals surface area contributed by atoms with Crippen LogP contribution in [0.4, 0.5) is 5.82 Å². The number of hydrogen-bond donors (Lipinski definition) is 1. The molecule has 2 heterocycles. The number of Topliss-reactive ketones (excluding diaryl/α,β-unsaturated/α-hetero) is 1. The summed E-state index contributed by atoms with van der Waals surface area (Å²) < 4.78 is 7.09. The van der Waals surface area contributed by atoms with Gasteiger partial charge in [-0.2, -0.15) is 5.10 Å². The summed E-state index contributed by atoms with van der Waals surface area (Å²) in [7, 11) is 1.54. The summed E-state index contributed by atoms with van der Waals surface area (Å²) in [6.45, 7) is 5.91. The number of carbonyl (C=O) groups excluding carboxylic acids is 2. The normalized spacial score (nSPS) is 15.6. The second-order valence-electron chi connectivity index (χ2n) is 7.47. The van der Waals surface area contributed by atoms with Crippen LogP contribution >= 0.6 is 0 Å². The van der Waals surface area contributed by atoms with Crippen molar-refractivity contribution >= 4 is 17.5 Å². The summed E-state index contributed by atoms with van der Waals surface area (Å²) in [5.74, 6) is 0.133. The number of methoxy groups -OCH3 is 1. The standard InChI is InChI=1S/C23H23N3O3/c1-13-9-14(2)11-16(10-13)26-23-21(15(3)25-26)18(12-20(27)24-23)22(28)17-7-5-6-8-19(17)29-4/h5-11,18H,12H2,1-4H3,(H,24,27). The molecule has 29 heavy (non-hydrogen) atoms. The predicted molar refractivity (Wildman–Crippen MR) is 111 cm³/mol. The Morgan fingerprint density at radius 1 is 1.14 bits per heavy atom. The average Bonchev–Trinajstić information content (AvgIpc) is 3.02. The number of nitrogens with one attached hydrogen (secondary N) is 1. The molecule has 0 saturated heterocycles. The lowest BCUT2D eigenvalue weighted by atomic mass is 9.85. The first-order chi connectivity index (χ1) is 13.9. The van der Waals surface area contributed by atoms with Crippen LogP contribution in [0.3, 0.4) is 0 Å². The van der Waals surface area contributed by atoms with E-state index in [9.17, 15) is 9.59 Å². The van der Waals surface area contributed by atoms with E-state index in [0.717, 1.165) is 28.1 Å². The van der Waals surface area contributed by atoms with Crippen molar-refractivity contribution in [2.75, 3.05) is 12.4 Å². The van der Waals surface area contributed by atoms with E-state index in [1.54, 1.807) is 22.9 Å². The van der Waals surface area contributed by atoms with Gasteiger partial charge in [0.1, 0.15) is 11.6 Å². The van der Waals surface area contributed by atoms with Gasteiger partial charge in [0, 0.05) is 12.0 Å². The van der Waals surface area contributed by atoms with E-state index < -0.39 is 5.92 Å². The van der Waals surface area contributed by atoms with Gasteiger partial charge in [-0.25, -0.2) is 4.68 Å². The fraction of sp³-hybridized carbons (Fsp3) is 0.261. The van der Waals surface area contributed by atoms with Crippen molar-refractivity contribution < 1.29 is 14.3 Å². The third-order valence-electron chi connectivity index (χ3n) is 5.24. The monoisotopic (exact) mass is 389 g/mol. The molecule has 2 aromatic carbocycles. The maximum atomic E-state index is 13.4. The largest absolute Gasteiger partial charge is 0.496 e. The molecule has 1 aliphatic heterocycles. The second kappa shape index (κ2) is 7.20. The fourth-order valence-electron chi connectivity index (χ4n) is 4.07. The smallest absolute Gasteiger partial charge is 0.226 e. The number of ether oxygens (including phenoxy) is 1. The predicted octanol–water partition coefficient (Wildman–Crippen LogP) is 4.11. The number of anilines is 1. The molecule has 1 aliphatic rings. The first-order valence-electron chi connectivity index (χ1n) is 9.54. The number of ketones is 1. The number of carbonyl (C=O) groups is 2. The molecule has 4 rings (SSSR count). The van der Waals surface area contributed by atoms with Gasteiger partial charge >= 0.3 is 0 Å². The number of aromatic nitrogens is 2. The molecule has 0 spiro atoms. The van der Waals surface area contributed by atoms with E-state index in [2.05, 4.69) is 16.5 Å². The zero-order chi connectivity index (χ0) is 20.7. The maximum Gasteiger partial charge on any atom is 0.226 e. The average molecular weight is 389 g/mol. The highest BCUT2D eigenvalue weighted by Crippen LogP contribution is 2.39. The number of amides is 1. The molecule has 6 heteroatoms. The number of para-hydroxylation sites is 1. The third-order valence-corrected chi connectivity index (χ3v) is 5.24. The molecule has 3 aromatic rings. The Bertz CT molecular complexity index is 1110. The number of aryl methyl sites for hydroxylation is 3. The summed E-state index contributed by atoms with van der Waals surface area (Å²) in [5.41, 5.74) is 5.03. The number of fused-ring (bicyclic) bond motifs is 1. The van der Waals surface area contributed by atoms with Crippen molar-refractivity contribution in [3.63, 3.8) is 0 Å². The van der Waals surface area contributed by atoms with Crippen molar-refractivity contribution in [3.8, 4) is 11.4 Å². The minimum atomic E-state index is -0.602. The van der Waals surface area contributed by atoms with E-state index in [4.69, 9.17) is 4.74 Å². The quantitative estimate of drug-likeness (QED) is 0.682. The van der Waals surface area contributed by atoms with Gasteiger partial charge in [0.05, 0.1) is 30.0 Å². The Morgan fingerprint density at radius 2 is 1.83 bits per heavy atom. The molecule has 1 unspecified atom stereocenters. The molecule has 0 saturated carbocycles.